The van der Waals surface area contributed by atoms with Gasteiger partial charge in [0.25, 0.3) is 5.79 Å². The zero-order valence-electron chi connectivity index (χ0n) is 17.3. The van der Waals surface area contributed by atoms with Crippen molar-refractivity contribution in [1.82, 2.24) is 0 Å². The number of carbonyl (C=O) groups is 2. The smallest absolute Gasteiger partial charge is 0.316 e. The van der Waals surface area contributed by atoms with E-state index in [1.165, 1.54) is 0 Å². The molecule has 0 aromatic heterocycles. The topological polar surface area (TPSA) is 100 Å². The number of rotatable bonds is 8. The van der Waals surface area contributed by atoms with Gasteiger partial charge in [0.15, 0.2) is 0 Å². The van der Waals surface area contributed by atoms with Crippen molar-refractivity contribution in [2.75, 3.05) is 0 Å². The molecule has 0 N–H and O–H groups in total. The number of esters is 2. The Kier molecular flexibility index (Phi) is 7.72. The van der Waals surface area contributed by atoms with Crippen molar-refractivity contribution in [2.24, 2.45) is 0 Å². The fourth-order valence-corrected chi connectivity index (χ4v) is 2.73. The molecule has 0 saturated carbocycles. The first kappa shape index (κ1) is 22.6. The normalized spacial score (nSPS) is 13.2. The van der Waals surface area contributed by atoms with E-state index >= 15 is 0 Å². The standard InChI is InChI=1S/C24H24N2O4/c1-4-24(3,29-22(27)14-11-18-5-7-19(15-25)8-6-18)30-23(28)17(2)21-12-9-20(16-26)10-13-21/h5-10,12-13,17H,4,11,14H2,1-3H3. The van der Waals surface area contributed by atoms with Gasteiger partial charge in [0.2, 0.25) is 0 Å². The third kappa shape index (κ3) is 6.18. The molecule has 0 radical (unpaired) electrons. The van der Waals surface area contributed by atoms with Crippen LogP contribution in [-0.4, -0.2) is 17.7 Å². The maximum absolute atomic E-state index is 12.6. The summed E-state index contributed by atoms with van der Waals surface area (Å²) in [4.78, 5) is 24.9. The molecule has 2 atom stereocenters. The minimum Gasteiger partial charge on any atom is -0.423 e. The molecule has 2 aromatic carbocycles. The fourth-order valence-electron chi connectivity index (χ4n) is 2.73. The van der Waals surface area contributed by atoms with Crippen LogP contribution in [0.3, 0.4) is 0 Å². The Hall–Kier alpha value is -3.64. The van der Waals surface area contributed by atoms with Gasteiger partial charge in [-0.25, -0.2) is 0 Å². The van der Waals surface area contributed by atoms with E-state index in [2.05, 4.69) is 0 Å². The van der Waals surface area contributed by atoms with E-state index in [1.807, 2.05) is 12.1 Å². The molecule has 0 spiro atoms. The number of nitriles is 2. The number of hydrogen-bond acceptors (Lipinski definition) is 6. The summed E-state index contributed by atoms with van der Waals surface area (Å²) in [7, 11) is 0. The predicted octanol–water partition coefficient (Wildman–Crippen LogP) is 4.38. The lowest BCUT2D eigenvalue weighted by atomic mass is 10.00. The lowest BCUT2D eigenvalue weighted by molar-refractivity contribution is -0.224. The van der Waals surface area contributed by atoms with Gasteiger partial charge in [0.1, 0.15) is 0 Å². The monoisotopic (exact) mass is 404 g/mol. The Balaban J connectivity index is 1.94. The van der Waals surface area contributed by atoms with Crippen LogP contribution in [0.2, 0.25) is 0 Å². The van der Waals surface area contributed by atoms with E-state index < -0.39 is 23.6 Å². The summed E-state index contributed by atoms with van der Waals surface area (Å²) in [5.41, 5.74) is 2.69. The van der Waals surface area contributed by atoms with Crippen LogP contribution >= 0.6 is 0 Å². The summed E-state index contributed by atoms with van der Waals surface area (Å²) in [5.74, 6) is -2.91. The highest BCUT2D eigenvalue weighted by molar-refractivity contribution is 5.78. The van der Waals surface area contributed by atoms with Gasteiger partial charge in [-0.3, -0.25) is 9.59 Å². The van der Waals surface area contributed by atoms with E-state index in [9.17, 15) is 9.59 Å². The molecule has 2 unspecified atom stereocenters. The van der Waals surface area contributed by atoms with Crippen LogP contribution in [0, 0.1) is 22.7 Å². The molecule has 6 heteroatoms. The van der Waals surface area contributed by atoms with Crippen molar-refractivity contribution in [2.45, 2.75) is 51.7 Å². The molecule has 0 aliphatic carbocycles. The molecule has 2 rings (SSSR count). The van der Waals surface area contributed by atoms with Crippen molar-refractivity contribution in [3.8, 4) is 12.1 Å². The Bertz CT molecular complexity index is 968. The largest absolute Gasteiger partial charge is 0.423 e. The van der Waals surface area contributed by atoms with E-state index in [0.717, 1.165) is 5.56 Å². The molecule has 0 fully saturated rings. The van der Waals surface area contributed by atoms with Crippen molar-refractivity contribution < 1.29 is 19.1 Å². The SMILES string of the molecule is CCC(C)(OC(=O)CCc1ccc(C#N)cc1)OC(=O)C(C)c1ccc(C#N)cc1. The zero-order chi connectivity index (χ0) is 22.1. The minimum atomic E-state index is -1.36. The van der Waals surface area contributed by atoms with E-state index in [0.29, 0.717) is 29.5 Å². The third-order valence-corrected chi connectivity index (χ3v) is 4.88. The van der Waals surface area contributed by atoms with Crippen LogP contribution in [-0.2, 0) is 25.5 Å². The third-order valence-electron chi connectivity index (χ3n) is 4.88. The molecule has 30 heavy (non-hydrogen) atoms. The van der Waals surface area contributed by atoms with E-state index in [-0.39, 0.29) is 6.42 Å². The molecular weight excluding hydrogens is 380 g/mol. The molecule has 0 aliphatic rings. The average Bonchev–Trinajstić information content (AvgIpc) is 2.77. The summed E-state index contributed by atoms with van der Waals surface area (Å²) in [6.45, 7) is 5.04. The Morgan fingerprint density at radius 2 is 1.50 bits per heavy atom. The number of nitrogens with zero attached hydrogens (tertiary/aromatic N) is 2. The lowest BCUT2D eigenvalue weighted by Crippen LogP contribution is -2.37. The minimum absolute atomic E-state index is 0.129. The second-order valence-corrected chi connectivity index (χ2v) is 7.15. The Morgan fingerprint density at radius 3 is 2.00 bits per heavy atom. The maximum atomic E-state index is 12.6. The highest BCUT2D eigenvalue weighted by Crippen LogP contribution is 2.24. The first-order valence-electron chi connectivity index (χ1n) is 9.74. The lowest BCUT2D eigenvalue weighted by Gasteiger charge is -2.29. The van der Waals surface area contributed by atoms with E-state index in [1.54, 1.807) is 69.3 Å². The summed E-state index contributed by atoms with van der Waals surface area (Å²) in [5, 5.41) is 17.7. The van der Waals surface area contributed by atoms with Gasteiger partial charge in [0.05, 0.1) is 29.2 Å². The first-order chi connectivity index (χ1) is 14.3. The van der Waals surface area contributed by atoms with Gasteiger partial charge in [-0.05, 0) is 48.7 Å². The molecule has 154 valence electrons. The van der Waals surface area contributed by atoms with Crippen LogP contribution in [0.1, 0.15) is 61.8 Å². The fraction of sp³-hybridized carbons (Fsp3) is 0.333. The van der Waals surface area contributed by atoms with Crippen molar-refractivity contribution in [3.05, 3.63) is 70.8 Å². The molecule has 0 amide bonds. The molecule has 0 heterocycles. The number of aryl methyl sites for hydroxylation is 1. The molecule has 0 aliphatic heterocycles. The van der Waals surface area contributed by atoms with E-state index in [4.69, 9.17) is 20.0 Å². The van der Waals surface area contributed by atoms with Gasteiger partial charge in [-0.2, -0.15) is 10.5 Å². The molecular formula is C24H24N2O4. The van der Waals surface area contributed by atoms with Crippen molar-refractivity contribution in [3.63, 3.8) is 0 Å². The Labute approximate surface area is 176 Å². The quantitative estimate of drug-likeness (QED) is 0.478. The van der Waals surface area contributed by atoms with Crippen LogP contribution in [0.5, 0.6) is 0 Å². The molecule has 2 aromatic rings. The summed E-state index contributed by atoms with van der Waals surface area (Å²) < 4.78 is 11.0. The zero-order valence-corrected chi connectivity index (χ0v) is 17.3. The van der Waals surface area contributed by atoms with Crippen molar-refractivity contribution in [1.29, 1.82) is 10.5 Å². The number of ether oxygens (including phenoxy) is 2. The second-order valence-electron chi connectivity index (χ2n) is 7.15. The highest BCUT2D eigenvalue weighted by atomic mass is 16.7. The Morgan fingerprint density at radius 1 is 0.967 bits per heavy atom. The molecule has 6 nitrogen and oxygen atoms in total. The predicted molar refractivity (Wildman–Crippen MR) is 110 cm³/mol. The maximum Gasteiger partial charge on any atom is 0.316 e. The van der Waals surface area contributed by atoms with Gasteiger partial charge in [0, 0.05) is 19.8 Å². The number of benzene rings is 2. The number of carbonyl (C=O) groups excluding carboxylic acids is 2. The van der Waals surface area contributed by atoms with Gasteiger partial charge in [-0.15, -0.1) is 0 Å². The van der Waals surface area contributed by atoms with Gasteiger partial charge < -0.3 is 9.47 Å². The molecule has 0 bridgehead atoms. The first-order valence-corrected chi connectivity index (χ1v) is 9.74. The summed E-state index contributed by atoms with van der Waals surface area (Å²) in [6.07, 6.45) is 0.894. The van der Waals surface area contributed by atoms with Gasteiger partial charge >= 0.3 is 11.9 Å². The molecule has 0 saturated heterocycles. The number of hydrogen-bond donors (Lipinski definition) is 0. The van der Waals surface area contributed by atoms with Crippen LogP contribution in [0.15, 0.2) is 48.5 Å². The average molecular weight is 404 g/mol. The van der Waals surface area contributed by atoms with Crippen molar-refractivity contribution >= 4 is 11.9 Å². The highest BCUT2D eigenvalue weighted by Gasteiger charge is 2.33. The summed E-state index contributed by atoms with van der Waals surface area (Å²) >= 11 is 0. The van der Waals surface area contributed by atoms with Crippen LogP contribution in [0.4, 0.5) is 0 Å². The van der Waals surface area contributed by atoms with Crippen LogP contribution in [0.25, 0.3) is 0 Å². The summed E-state index contributed by atoms with van der Waals surface area (Å²) in [6, 6.07) is 17.8. The second kappa shape index (κ2) is 10.2. The van der Waals surface area contributed by atoms with Crippen LogP contribution < -0.4 is 0 Å². The van der Waals surface area contributed by atoms with Gasteiger partial charge in [-0.1, -0.05) is 31.2 Å².